The lowest BCUT2D eigenvalue weighted by Gasteiger charge is -2.24. The summed E-state index contributed by atoms with van der Waals surface area (Å²) in [5.41, 5.74) is 2.37. The lowest BCUT2D eigenvalue weighted by atomic mass is 10.3. The third kappa shape index (κ3) is 1.08. The van der Waals surface area contributed by atoms with Gasteiger partial charge in [-0.1, -0.05) is 5.92 Å². The van der Waals surface area contributed by atoms with Crippen LogP contribution in [0.2, 0.25) is 0 Å². The smallest absolute Gasteiger partial charge is 0.181 e. The molecule has 2 heterocycles. The van der Waals surface area contributed by atoms with Crippen molar-refractivity contribution in [1.29, 1.82) is 0 Å². The minimum Gasteiger partial charge on any atom is -0.353 e. The Labute approximate surface area is 84.4 Å². The second-order valence-corrected chi connectivity index (χ2v) is 3.34. The number of nitrogens with zero attached hydrogens (tertiary/aromatic N) is 2. The summed E-state index contributed by atoms with van der Waals surface area (Å²) in [4.78, 5) is 4.33. The molecule has 0 aromatic carbocycles. The van der Waals surface area contributed by atoms with Gasteiger partial charge in [0.15, 0.2) is 6.29 Å². The van der Waals surface area contributed by atoms with E-state index < -0.39 is 0 Å². The molecule has 0 saturated carbocycles. The maximum absolute atomic E-state index is 5.19. The van der Waals surface area contributed by atoms with E-state index in [4.69, 9.17) is 6.42 Å². The summed E-state index contributed by atoms with van der Waals surface area (Å²) in [5, 5.41) is 3.25. The van der Waals surface area contributed by atoms with Crippen LogP contribution < -0.4 is 5.32 Å². The standard InChI is InChI=1S/C11H13N3/c1-4-5-6-10-9(2)14-8-7-12-11(14)13(10)3/h1,5-8,11-12H,2-3H3/b6-5-/t11-/m0/s1. The SMILES string of the molecule is C#C/C=C\C1=C(C)N2C=CN[C@H]2N1C. The number of allylic oxidation sites excluding steroid dienone is 3. The molecule has 72 valence electrons. The minimum absolute atomic E-state index is 0.215. The summed E-state index contributed by atoms with van der Waals surface area (Å²) >= 11 is 0. The molecule has 0 saturated heterocycles. The van der Waals surface area contributed by atoms with Crippen LogP contribution in [0, 0.1) is 12.3 Å². The Morgan fingerprint density at radius 2 is 2.43 bits per heavy atom. The maximum Gasteiger partial charge on any atom is 0.181 e. The molecule has 3 heteroatoms. The topological polar surface area (TPSA) is 18.5 Å². The van der Waals surface area contributed by atoms with E-state index in [0.717, 1.165) is 5.70 Å². The van der Waals surface area contributed by atoms with Crippen LogP contribution in [-0.4, -0.2) is 23.1 Å². The van der Waals surface area contributed by atoms with Crippen LogP contribution in [0.25, 0.3) is 0 Å². The molecule has 0 radical (unpaired) electrons. The number of fused-ring (bicyclic) bond motifs is 1. The van der Waals surface area contributed by atoms with Crippen LogP contribution in [0.3, 0.4) is 0 Å². The zero-order valence-electron chi connectivity index (χ0n) is 8.36. The second kappa shape index (κ2) is 3.15. The number of likely N-dealkylation sites (N-methyl/N-ethyl adjacent to an activating group) is 1. The molecule has 0 amide bonds. The molecule has 3 nitrogen and oxygen atoms in total. The molecule has 0 aliphatic carbocycles. The lowest BCUT2D eigenvalue weighted by molar-refractivity contribution is 0.207. The summed E-state index contributed by atoms with van der Waals surface area (Å²) < 4.78 is 0. The quantitative estimate of drug-likeness (QED) is 0.618. The van der Waals surface area contributed by atoms with Crippen molar-refractivity contribution < 1.29 is 0 Å². The molecule has 0 fully saturated rings. The van der Waals surface area contributed by atoms with Crippen molar-refractivity contribution in [3.8, 4) is 12.3 Å². The number of hydrogen-bond donors (Lipinski definition) is 1. The van der Waals surface area contributed by atoms with Crippen LogP contribution in [0.15, 0.2) is 35.9 Å². The fourth-order valence-corrected chi connectivity index (χ4v) is 1.85. The van der Waals surface area contributed by atoms with Crippen LogP contribution in [0.4, 0.5) is 0 Å². The summed E-state index contributed by atoms with van der Waals surface area (Å²) in [6, 6.07) is 0. The van der Waals surface area contributed by atoms with Crippen molar-refractivity contribution in [2.24, 2.45) is 0 Å². The Balaban J connectivity index is 2.31. The van der Waals surface area contributed by atoms with Crippen molar-refractivity contribution >= 4 is 0 Å². The number of terminal acetylenes is 1. The highest BCUT2D eigenvalue weighted by molar-refractivity contribution is 5.33. The van der Waals surface area contributed by atoms with Crippen LogP contribution >= 0.6 is 0 Å². The average Bonchev–Trinajstić information content (AvgIpc) is 2.72. The molecular formula is C11H13N3. The number of rotatable bonds is 1. The molecule has 0 aromatic heterocycles. The molecule has 0 spiro atoms. The zero-order chi connectivity index (χ0) is 10.1. The van der Waals surface area contributed by atoms with Gasteiger partial charge in [0.25, 0.3) is 0 Å². The van der Waals surface area contributed by atoms with Crippen LogP contribution in [-0.2, 0) is 0 Å². The molecular weight excluding hydrogens is 174 g/mol. The van der Waals surface area contributed by atoms with Gasteiger partial charge < -0.3 is 15.1 Å². The number of hydrogen-bond acceptors (Lipinski definition) is 3. The average molecular weight is 187 g/mol. The molecule has 0 bridgehead atoms. The Morgan fingerprint density at radius 1 is 1.64 bits per heavy atom. The summed E-state index contributed by atoms with van der Waals surface area (Å²) in [5.74, 6) is 2.50. The first-order chi connectivity index (χ1) is 6.75. The second-order valence-electron chi connectivity index (χ2n) is 3.34. The molecule has 2 rings (SSSR count). The highest BCUT2D eigenvalue weighted by atomic mass is 15.5. The Morgan fingerprint density at radius 3 is 3.07 bits per heavy atom. The molecule has 0 aromatic rings. The Kier molecular flexibility index (Phi) is 1.97. The van der Waals surface area contributed by atoms with E-state index in [2.05, 4.69) is 28.0 Å². The van der Waals surface area contributed by atoms with Crippen molar-refractivity contribution in [3.63, 3.8) is 0 Å². The summed E-state index contributed by atoms with van der Waals surface area (Å²) in [6.45, 7) is 2.09. The molecule has 0 unspecified atom stereocenters. The predicted molar refractivity (Wildman–Crippen MR) is 56.3 cm³/mol. The van der Waals surface area contributed by atoms with Crippen molar-refractivity contribution in [1.82, 2.24) is 15.1 Å². The van der Waals surface area contributed by atoms with Gasteiger partial charge in [0.2, 0.25) is 0 Å². The van der Waals surface area contributed by atoms with Gasteiger partial charge in [-0.15, -0.1) is 6.42 Å². The first-order valence-electron chi connectivity index (χ1n) is 4.53. The molecule has 14 heavy (non-hydrogen) atoms. The van der Waals surface area contributed by atoms with Crippen LogP contribution in [0.5, 0.6) is 0 Å². The van der Waals surface area contributed by atoms with Crippen molar-refractivity contribution in [2.75, 3.05) is 7.05 Å². The first kappa shape index (κ1) is 8.76. The van der Waals surface area contributed by atoms with Crippen LogP contribution in [0.1, 0.15) is 6.92 Å². The zero-order valence-corrected chi connectivity index (χ0v) is 8.36. The highest BCUT2D eigenvalue weighted by Gasteiger charge is 2.32. The van der Waals surface area contributed by atoms with Gasteiger partial charge in [0.1, 0.15) is 0 Å². The monoisotopic (exact) mass is 187 g/mol. The highest BCUT2D eigenvalue weighted by Crippen LogP contribution is 2.29. The van der Waals surface area contributed by atoms with E-state index in [9.17, 15) is 0 Å². The van der Waals surface area contributed by atoms with E-state index in [1.165, 1.54) is 5.70 Å². The maximum atomic E-state index is 5.19. The Bertz CT molecular complexity index is 370. The minimum atomic E-state index is 0.215. The lowest BCUT2D eigenvalue weighted by Crippen LogP contribution is -2.40. The predicted octanol–water partition coefficient (Wildman–Crippen LogP) is 1.01. The van der Waals surface area contributed by atoms with Gasteiger partial charge in [0.05, 0.1) is 5.70 Å². The van der Waals surface area contributed by atoms with Gasteiger partial charge in [-0.05, 0) is 19.1 Å². The van der Waals surface area contributed by atoms with Gasteiger partial charge in [0, 0.05) is 25.1 Å². The van der Waals surface area contributed by atoms with E-state index in [-0.39, 0.29) is 6.29 Å². The van der Waals surface area contributed by atoms with Gasteiger partial charge in [-0.25, -0.2) is 0 Å². The largest absolute Gasteiger partial charge is 0.353 e. The fourth-order valence-electron chi connectivity index (χ4n) is 1.85. The van der Waals surface area contributed by atoms with E-state index in [0.29, 0.717) is 0 Å². The van der Waals surface area contributed by atoms with Crippen molar-refractivity contribution in [2.45, 2.75) is 13.2 Å². The van der Waals surface area contributed by atoms with Crippen molar-refractivity contribution in [3.05, 3.63) is 35.9 Å². The third-order valence-corrected chi connectivity index (χ3v) is 2.59. The van der Waals surface area contributed by atoms with Gasteiger partial charge in [-0.2, -0.15) is 0 Å². The molecule has 1 N–H and O–H groups in total. The van der Waals surface area contributed by atoms with Gasteiger partial charge >= 0.3 is 0 Å². The van der Waals surface area contributed by atoms with E-state index in [1.807, 2.05) is 25.5 Å². The first-order valence-corrected chi connectivity index (χ1v) is 4.53. The van der Waals surface area contributed by atoms with E-state index >= 15 is 0 Å². The summed E-state index contributed by atoms with van der Waals surface area (Å²) in [7, 11) is 2.05. The number of nitrogens with one attached hydrogen (secondary N) is 1. The third-order valence-electron chi connectivity index (χ3n) is 2.59. The van der Waals surface area contributed by atoms with E-state index in [1.54, 1.807) is 6.08 Å². The molecule has 1 atom stereocenters. The summed E-state index contributed by atoms with van der Waals surface area (Å²) in [6.07, 6.45) is 13.1. The van der Waals surface area contributed by atoms with Gasteiger partial charge in [-0.3, -0.25) is 0 Å². The molecule has 2 aliphatic heterocycles. The fraction of sp³-hybridized carbons (Fsp3) is 0.273. The normalized spacial score (nSPS) is 24.5. The Hall–Kier alpha value is -1.82. The molecule has 2 aliphatic rings.